The van der Waals surface area contributed by atoms with Crippen LogP contribution >= 0.6 is 11.3 Å². The molecule has 0 fully saturated rings. The van der Waals surface area contributed by atoms with Gasteiger partial charge in [0.15, 0.2) is 0 Å². The first-order valence-corrected chi connectivity index (χ1v) is 6.59. The van der Waals surface area contributed by atoms with E-state index in [1.165, 1.54) is 20.4 Å². The summed E-state index contributed by atoms with van der Waals surface area (Å²) in [5.74, 6) is 0.417. The van der Waals surface area contributed by atoms with Crippen molar-refractivity contribution in [3.8, 4) is 0 Å². The zero-order valence-electron chi connectivity index (χ0n) is 10.1. The Balaban J connectivity index is 2.65. The summed E-state index contributed by atoms with van der Waals surface area (Å²) in [5.41, 5.74) is 0.351. The molecule has 0 aliphatic rings. The van der Waals surface area contributed by atoms with E-state index in [9.17, 15) is 9.59 Å². The Hall–Kier alpha value is -1.89. The predicted molar refractivity (Wildman–Crippen MR) is 70.4 cm³/mol. The summed E-state index contributed by atoms with van der Waals surface area (Å²) in [6, 6.07) is 1.79. The molecule has 3 aromatic heterocycles. The molecular formula is C11H12N4O2S. The summed E-state index contributed by atoms with van der Waals surface area (Å²) in [4.78, 5) is 24.4. The van der Waals surface area contributed by atoms with E-state index in [-0.39, 0.29) is 11.2 Å². The molecule has 0 saturated carbocycles. The van der Waals surface area contributed by atoms with Gasteiger partial charge in [-0.2, -0.15) is 0 Å². The minimum atomic E-state index is -0.224. The van der Waals surface area contributed by atoms with Crippen LogP contribution in [0.2, 0.25) is 0 Å². The molecule has 18 heavy (non-hydrogen) atoms. The lowest BCUT2D eigenvalue weighted by molar-refractivity contribution is 0.657. The molecule has 3 heterocycles. The van der Waals surface area contributed by atoms with Crippen LogP contribution in [0.15, 0.2) is 21.0 Å². The summed E-state index contributed by atoms with van der Waals surface area (Å²) in [7, 11) is 1.59. The third-order valence-electron chi connectivity index (χ3n) is 2.92. The monoisotopic (exact) mass is 264 g/mol. The van der Waals surface area contributed by atoms with E-state index in [2.05, 4.69) is 5.10 Å². The predicted octanol–water partition coefficient (Wildman–Crippen LogP) is 0.819. The molecule has 0 aromatic carbocycles. The van der Waals surface area contributed by atoms with Crippen LogP contribution < -0.4 is 11.2 Å². The van der Waals surface area contributed by atoms with E-state index in [1.54, 1.807) is 17.7 Å². The molecule has 0 amide bonds. The number of hydrogen-bond acceptors (Lipinski definition) is 4. The quantitative estimate of drug-likeness (QED) is 0.688. The van der Waals surface area contributed by atoms with Gasteiger partial charge < -0.3 is 0 Å². The maximum Gasteiger partial charge on any atom is 0.351 e. The van der Waals surface area contributed by atoms with Gasteiger partial charge >= 0.3 is 5.69 Å². The highest BCUT2D eigenvalue weighted by Crippen LogP contribution is 2.16. The Morgan fingerprint density at radius 2 is 2.17 bits per heavy atom. The van der Waals surface area contributed by atoms with E-state index in [4.69, 9.17) is 0 Å². The van der Waals surface area contributed by atoms with Gasteiger partial charge in [-0.05, 0) is 17.9 Å². The van der Waals surface area contributed by atoms with Gasteiger partial charge in [-0.3, -0.25) is 9.36 Å². The van der Waals surface area contributed by atoms with Gasteiger partial charge in [-0.1, -0.05) is 6.92 Å². The summed E-state index contributed by atoms with van der Waals surface area (Å²) in [6.45, 7) is 2.55. The van der Waals surface area contributed by atoms with Crippen molar-refractivity contribution in [3.63, 3.8) is 0 Å². The Labute approximate surface area is 106 Å². The molecule has 0 radical (unpaired) electrons. The number of aryl methyl sites for hydroxylation is 2. The highest BCUT2D eigenvalue weighted by atomic mass is 32.1. The molecule has 0 spiro atoms. The second-order valence-electron chi connectivity index (χ2n) is 4.13. The third kappa shape index (κ3) is 1.30. The normalized spacial score (nSPS) is 11.7. The SMILES string of the molecule is CCCn1c(=O)c2sccc2n2c(=O)n(C)nc12. The van der Waals surface area contributed by atoms with Gasteiger partial charge in [-0.15, -0.1) is 16.4 Å². The number of thiophene rings is 1. The van der Waals surface area contributed by atoms with Gasteiger partial charge in [0, 0.05) is 13.6 Å². The Bertz CT molecular complexity index is 852. The lowest BCUT2D eigenvalue weighted by Crippen LogP contribution is -2.25. The fraction of sp³-hybridized carbons (Fsp3) is 0.364. The molecule has 94 valence electrons. The highest BCUT2D eigenvalue weighted by Gasteiger charge is 2.16. The first-order chi connectivity index (χ1) is 8.65. The minimum Gasteiger partial charge on any atom is -0.276 e. The third-order valence-corrected chi connectivity index (χ3v) is 3.81. The Kier molecular flexibility index (Phi) is 2.37. The van der Waals surface area contributed by atoms with Crippen LogP contribution in [0.25, 0.3) is 16.0 Å². The molecule has 0 saturated heterocycles. The van der Waals surface area contributed by atoms with Gasteiger partial charge in [0.05, 0.1) is 5.52 Å². The maximum absolute atomic E-state index is 12.3. The smallest absolute Gasteiger partial charge is 0.276 e. The van der Waals surface area contributed by atoms with Gasteiger partial charge in [-0.25, -0.2) is 13.9 Å². The van der Waals surface area contributed by atoms with Gasteiger partial charge in [0.25, 0.3) is 5.56 Å². The molecule has 0 N–H and O–H groups in total. The molecule has 3 aromatic rings. The number of fused-ring (bicyclic) bond motifs is 3. The number of nitrogens with zero attached hydrogens (tertiary/aromatic N) is 4. The van der Waals surface area contributed by atoms with Gasteiger partial charge in [0.2, 0.25) is 5.78 Å². The zero-order chi connectivity index (χ0) is 12.9. The second kappa shape index (κ2) is 3.81. The maximum atomic E-state index is 12.3. The summed E-state index contributed by atoms with van der Waals surface area (Å²) in [6.07, 6.45) is 0.817. The van der Waals surface area contributed by atoms with Crippen LogP contribution in [0.3, 0.4) is 0 Å². The standard InChI is InChI=1S/C11H12N4O2S/c1-3-5-14-9(16)8-7(4-6-18-8)15-10(14)12-13(2)11(15)17/h4,6H,3,5H2,1-2H3. The van der Waals surface area contributed by atoms with E-state index >= 15 is 0 Å². The number of hydrogen-bond donors (Lipinski definition) is 0. The van der Waals surface area contributed by atoms with Crippen molar-refractivity contribution >= 4 is 27.3 Å². The molecule has 0 aliphatic heterocycles. The largest absolute Gasteiger partial charge is 0.351 e. The first-order valence-electron chi connectivity index (χ1n) is 5.71. The number of rotatable bonds is 2. The van der Waals surface area contributed by atoms with E-state index in [1.807, 2.05) is 12.3 Å². The Morgan fingerprint density at radius 3 is 2.89 bits per heavy atom. The van der Waals surface area contributed by atoms with E-state index in [0.717, 1.165) is 6.42 Å². The molecule has 6 nitrogen and oxygen atoms in total. The lowest BCUT2D eigenvalue weighted by atomic mass is 10.4. The van der Waals surface area contributed by atoms with Crippen molar-refractivity contribution in [1.82, 2.24) is 18.7 Å². The van der Waals surface area contributed by atoms with Crippen LogP contribution in [-0.2, 0) is 13.6 Å². The summed E-state index contributed by atoms with van der Waals surface area (Å²) >= 11 is 1.36. The van der Waals surface area contributed by atoms with Crippen molar-refractivity contribution in [2.45, 2.75) is 19.9 Å². The molecule has 0 atom stereocenters. The number of aromatic nitrogens is 4. The van der Waals surface area contributed by atoms with Crippen LogP contribution in [0.5, 0.6) is 0 Å². The molecule has 0 bridgehead atoms. The van der Waals surface area contributed by atoms with Crippen LogP contribution in [0.4, 0.5) is 0 Å². The second-order valence-corrected chi connectivity index (χ2v) is 5.05. The van der Waals surface area contributed by atoms with Crippen LogP contribution in [0.1, 0.15) is 13.3 Å². The topological polar surface area (TPSA) is 61.3 Å². The van der Waals surface area contributed by atoms with Crippen molar-refractivity contribution in [3.05, 3.63) is 32.3 Å². The highest BCUT2D eigenvalue weighted by molar-refractivity contribution is 7.17. The minimum absolute atomic E-state index is 0.0695. The summed E-state index contributed by atoms with van der Waals surface area (Å²) < 4.78 is 4.94. The van der Waals surface area contributed by atoms with Crippen molar-refractivity contribution < 1.29 is 0 Å². The van der Waals surface area contributed by atoms with E-state index in [0.29, 0.717) is 22.5 Å². The molecule has 3 rings (SSSR count). The van der Waals surface area contributed by atoms with E-state index < -0.39 is 0 Å². The lowest BCUT2D eigenvalue weighted by Gasteiger charge is -2.05. The van der Waals surface area contributed by atoms with Crippen molar-refractivity contribution in [2.24, 2.45) is 7.05 Å². The first kappa shape index (κ1) is 11.2. The van der Waals surface area contributed by atoms with Crippen molar-refractivity contribution in [2.75, 3.05) is 0 Å². The van der Waals surface area contributed by atoms with Crippen LogP contribution in [-0.4, -0.2) is 18.7 Å². The molecular weight excluding hydrogens is 252 g/mol. The van der Waals surface area contributed by atoms with Gasteiger partial charge in [0.1, 0.15) is 4.70 Å². The fourth-order valence-corrected chi connectivity index (χ4v) is 2.94. The molecule has 0 aliphatic carbocycles. The summed E-state index contributed by atoms with van der Waals surface area (Å²) in [5, 5.41) is 5.98. The molecule has 7 heteroatoms. The average molecular weight is 264 g/mol. The average Bonchev–Trinajstić information content (AvgIpc) is 2.91. The fourth-order valence-electron chi connectivity index (χ4n) is 2.11. The van der Waals surface area contributed by atoms with Crippen molar-refractivity contribution in [1.29, 1.82) is 0 Å². The Morgan fingerprint density at radius 1 is 1.39 bits per heavy atom. The van der Waals surface area contributed by atoms with Crippen LogP contribution in [0, 0.1) is 0 Å². The molecule has 0 unspecified atom stereocenters. The zero-order valence-corrected chi connectivity index (χ0v) is 10.9.